The number of β-amino-alcohol motifs (C(OH)–C–C–N with tert-alkyl or cyclic N) is 1. The van der Waals surface area contributed by atoms with E-state index in [9.17, 15) is 5.11 Å². The molecule has 1 N–H and O–H groups in total. The molecule has 0 unspecified atom stereocenters. The van der Waals surface area contributed by atoms with Crippen molar-refractivity contribution < 1.29 is 5.11 Å². The molecule has 3 nitrogen and oxygen atoms in total. The number of hydrogen-bond donors (Lipinski definition) is 1. The van der Waals surface area contributed by atoms with Gasteiger partial charge in [-0.1, -0.05) is 13.3 Å². The molecule has 1 aromatic rings. The first-order valence-electron chi connectivity index (χ1n) is 5.65. The van der Waals surface area contributed by atoms with Crippen molar-refractivity contribution in [2.24, 2.45) is 0 Å². The molecular weight excluding hydrogens is 268 g/mol. The van der Waals surface area contributed by atoms with E-state index in [-0.39, 0.29) is 0 Å². The monoisotopic (exact) mass is 284 g/mol. The molecule has 1 fully saturated rings. The van der Waals surface area contributed by atoms with E-state index in [0.717, 1.165) is 36.9 Å². The van der Waals surface area contributed by atoms with Gasteiger partial charge in [0.05, 0.1) is 5.60 Å². The lowest BCUT2D eigenvalue weighted by molar-refractivity contribution is -0.106. The molecule has 0 radical (unpaired) electrons. The molecule has 0 amide bonds. The van der Waals surface area contributed by atoms with Gasteiger partial charge in [0.2, 0.25) is 0 Å². The highest BCUT2D eigenvalue weighted by Gasteiger charge is 2.39. The maximum atomic E-state index is 10.0. The Hall–Kier alpha value is -0.450. The minimum Gasteiger partial charge on any atom is -0.387 e. The molecule has 88 valence electrons. The average molecular weight is 285 g/mol. The molecule has 0 aliphatic carbocycles. The van der Waals surface area contributed by atoms with Crippen molar-refractivity contribution in [2.75, 3.05) is 13.1 Å². The molecule has 0 aromatic carbocycles. The normalized spacial score (nSPS) is 19.4. The average Bonchev–Trinajstić information content (AvgIpc) is 2.15. The molecule has 1 aromatic heterocycles. The zero-order valence-corrected chi connectivity index (χ0v) is 11.1. The zero-order valence-electron chi connectivity index (χ0n) is 9.49. The molecule has 2 rings (SSSR count). The predicted molar refractivity (Wildman–Crippen MR) is 67.1 cm³/mol. The Morgan fingerprint density at radius 3 is 2.88 bits per heavy atom. The lowest BCUT2D eigenvalue weighted by atomic mass is 9.89. The van der Waals surface area contributed by atoms with Crippen LogP contribution in [0.15, 0.2) is 22.9 Å². The lowest BCUT2D eigenvalue weighted by Gasteiger charge is -2.46. The highest BCUT2D eigenvalue weighted by atomic mass is 79.9. The van der Waals surface area contributed by atoms with Crippen LogP contribution < -0.4 is 0 Å². The second kappa shape index (κ2) is 4.82. The maximum absolute atomic E-state index is 10.0. The fourth-order valence-electron chi connectivity index (χ4n) is 2.32. The Balaban J connectivity index is 1.85. The van der Waals surface area contributed by atoms with Crippen LogP contribution in [0.25, 0.3) is 0 Å². The minimum absolute atomic E-state index is 0.436. The van der Waals surface area contributed by atoms with Crippen molar-refractivity contribution >= 4 is 15.9 Å². The molecule has 1 aliphatic heterocycles. The van der Waals surface area contributed by atoms with Gasteiger partial charge in [-0.3, -0.25) is 9.88 Å². The summed E-state index contributed by atoms with van der Waals surface area (Å²) in [6.45, 7) is 4.55. The fourth-order valence-corrected chi connectivity index (χ4v) is 2.73. The Morgan fingerprint density at radius 2 is 2.25 bits per heavy atom. The van der Waals surface area contributed by atoms with Gasteiger partial charge in [-0.15, -0.1) is 0 Å². The third-order valence-electron chi connectivity index (χ3n) is 2.92. The van der Waals surface area contributed by atoms with Crippen LogP contribution in [0.4, 0.5) is 0 Å². The van der Waals surface area contributed by atoms with Gasteiger partial charge in [0, 0.05) is 36.5 Å². The van der Waals surface area contributed by atoms with Crippen molar-refractivity contribution in [3.63, 3.8) is 0 Å². The van der Waals surface area contributed by atoms with Crippen LogP contribution >= 0.6 is 15.9 Å². The van der Waals surface area contributed by atoms with E-state index in [2.05, 4.69) is 38.8 Å². The summed E-state index contributed by atoms with van der Waals surface area (Å²) in [5, 5.41) is 10.0. The highest BCUT2D eigenvalue weighted by Crippen LogP contribution is 2.27. The number of aromatic nitrogens is 1. The molecule has 0 spiro atoms. The first-order valence-corrected chi connectivity index (χ1v) is 6.45. The molecule has 0 bridgehead atoms. The van der Waals surface area contributed by atoms with Crippen molar-refractivity contribution in [2.45, 2.75) is 31.9 Å². The van der Waals surface area contributed by atoms with E-state index in [4.69, 9.17) is 0 Å². The SMILES string of the molecule is CCCC1(O)CN(Cc2cncc(Br)c2)C1. The number of nitrogens with zero attached hydrogens (tertiary/aromatic N) is 2. The predicted octanol–water partition coefficient (Wildman–Crippen LogP) is 2.19. The van der Waals surface area contributed by atoms with E-state index < -0.39 is 5.60 Å². The van der Waals surface area contributed by atoms with Gasteiger partial charge >= 0.3 is 0 Å². The summed E-state index contributed by atoms with van der Waals surface area (Å²) in [4.78, 5) is 6.38. The van der Waals surface area contributed by atoms with Crippen LogP contribution in [0.5, 0.6) is 0 Å². The Labute approximate surface area is 105 Å². The number of pyridine rings is 1. The zero-order chi connectivity index (χ0) is 11.6. The number of rotatable bonds is 4. The van der Waals surface area contributed by atoms with Crippen molar-refractivity contribution in [1.82, 2.24) is 9.88 Å². The van der Waals surface area contributed by atoms with Gasteiger partial charge in [-0.2, -0.15) is 0 Å². The number of halogens is 1. The first kappa shape index (κ1) is 12.0. The van der Waals surface area contributed by atoms with Crippen LogP contribution in [0.1, 0.15) is 25.3 Å². The van der Waals surface area contributed by atoms with Crippen molar-refractivity contribution in [3.8, 4) is 0 Å². The summed E-state index contributed by atoms with van der Waals surface area (Å²) in [5.41, 5.74) is 0.752. The minimum atomic E-state index is -0.436. The summed E-state index contributed by atoms with van der Waals surface area (Å²) in [5.74, 6) is 0. The van der Waals surface area contributed by atoms with Crippen LogP contribution in [0.3, 0.4) is 0 Å². The quantitative estimate of drug-likeness (QED) is 0.921. The van der Waals surface area contributed by atoms with E-state index in [1.54, 1.807) is 6.20 Å². The van der Waals surface area contributed by atoms with Gasteiger partial charge in [-0.05, 0) is 34.0 Å². The van der Waals surface area contributed by atoms with Gasteiger partial charge in [0.25, 0.3) is 0 Å². The molecule has 4 heteroatoms. The standard InChI is InChI=1S/C12H17BrN2O/c1-2-3-12(16)8-15(9-12)7-10-4-11(13)6-14-5-10/h4-6,16H,2-3,7-9H2,1H3. The Bertz CT molecular complexity index is 364. The molecule has 2 heterocycles. The third kappa shape index (κ3) is 2.81. The van der Waals surface area contributed by atoms with E-state index in [0.29, 0.717) is 0 Å². The second-order valence-corrected chi connectivity index (χ2v) is 5.55. The van der Waals surface area contributed by atoms with Gasteiger partial charge in [0.15, 0.2) is 0 Å². The van der Waals surface area contributed by atoms with E-state index >= 15 is 0 Å². The molecule has 16 heavy (non-hydrogen) atoms. The topological polar surface area (TPSA) is 36.4 Å². The second-order valence-electron chi connectivity index (χ2n) is 4.63. The summed E-state index contributed by atoms with van der Waals surface area (Å²) < 4.78 is 1.01. The largest absolute Gasteiger partial charge is 0.387 e. The van der Waals surface area contributed by atoms with Gasteiger partial charge in [0.1, 0.15) is 0 Å². The summed E-state index contributed by atoms with van der Waals surface area (Å²) in [6, 6.07) is 2.07. The van der Waals surface area contributed by atoms with E-state index in [1.807, 2.05) is 6.20 Å². The van der Waals surface area contributed by atoms with Crippen LogP contribution in [-0.2, 0) is 6.54 Å². The summed E-state index contributed by atoms with van der Waals surface area (Å²) in [6.07, 6.45) is 5.61. The number of likely N-dealkylation sites (tertiary alicyclic amines) is 1. The van der Waals surface area contributed by atoms with Crippen molar-refractivity contribution in [1.29, 1.82) is 0 Å². The number of hydrogen-bond acceptors (Lipinski definition) is 3. The van der Waals surface area contributed by atoms with Gasteiger partial charge < -0.3 is 5.11 Å². The van der Waals surface area contributed by atoms with Gasteiger partial charge in [-0.25, -0.2) is 0 Å². The first-order chi connectivity index (χ1) is 7.61. The molecular formula is C12H17BrN2O. The maximum Gasteiger partial charge on any atom is 0.0900 e. The van der Waals surface area contributed by atoms with Crippen LogP contribution in [-0.4, -0.2) is 33.7 Å². The summed E-state index contributed by atoms with van der Waals surface area (Å²) >= 11 is 3.41. The highest BCUT2D eigenvalue weighted by molar-refractivity contribution is 9.10. The van der Waals surface area contributed by atoms with E-state index in [1.165, 1.54) is 5.56 Å². The fraction of sp³-hybridized carbons (Fsp3) is 0.583. The number of aliphatic hydroxyl groups is 1. The van der Waals surface area contributed by atoms with Crippen molar-refractivity contribution in [3.05, 3.63) is 28.5 Å². The molecule has 0 atom stereocenters. The Morgan fingerprint density at radius 1 is 1.50 bits per heavy atom. The smallest absolute Gasteiger partial charge is 0.0900 e. The lowest BCUT2D eigenvalue weighted by Crippen LogP contribution is -2.60. The Kier molecular flexibility index (Phi) is 3.62. The molecule has 1 aliphatic rings. The molecule has 0 saturated carbocycles. The third-order valence-corrected chi connectivity index (χ3v) is 3.35. The molecule has 1 saturated heterocycles. The van der Waals surface area contributed by atoms with Crippen LogP contribution in [0, 0.1) is 0 Å². The van der Waals surface area contributed by atoms with Crippen LogP contribution in [0.2, 0.25) is 0 Å². The summed E-state index contributed by atoms with van der Waals surface area (Å²) in [7, 11) is 0.